The van der Waals surface area contributed by atoms with E-state index >= 15 is 0 Å². The van der Waals surface area contributed by atoms with E-state index in [9.17, 15) is 9.59 Å². The number of benzene rings is 1. The van der Waals surface area contributed by atoms with E-state index in [4.69, 9.17) is 14.7 Å². The van der Waals surface area contributed by atoms with Crippen LogP contribution in [0.1, 0.15) is 24.5 Å². The number of hydrogen-bond acceptors (Lipinski definition) is 5. The average Bonchev–Trinajstić information content (AvgIpc) is 3.27. The lowest BCUT2D eigenvalue weighted by Gasteiger charge is -2.20. The lowest BCUT2D eigenvalue weighted by molar-refractivity contribution is -0.141. The second kappa shape index (κ2) is 7.63. The maximum absolute atomic E-state index is 12.1. The number of oxime groups is 1. The molecule has 2 unspecified atom stereocenters. The van der Waals surface area contributed by atoms with Gasteiger partial charge in [-0.3, -0.25) is 4.79 Å². The minimum absolute atomic E-state index is 0.144. The molecule has 140 valence electrons. The first kappa shape index (κ1) is 18.0. The smallest absolute Gasteiger partial charge is 0.317 e. The first-order valence-corrected chi connectivity index (χ1v) is 8.64. The highest BCUT2D eigenvalue weighted by Crippen LogP contribution is 2.27. The Labute approximate surface area is 151 Å². The van der Waals surface area contributed by atoms with Gasteiger partial charge >= 0.3 is 12.0 Å². The van der Waals surface area contributed by atoms with E-state index in [1.54, 1.807) is 14.0 Å². The zero-order valence-corrected chi connectivity index (χ0v) is 14.9. The van der Waals surface area contributed by atoms with Gasteiger partial charge in [0.1, 0.15) is 5.75 Å². The van der Waals surface area contributed by atoms with Crippen LogP contribution in [0.4, 0.5) is 4.79 Å². The first-order valence-electron chi connectivity index (χ1n) is 8.64. The van der Waals surface area contributed by atoms with Crippen LogP contribution in [0.15, 0.2) is 23.4 Å². The van der Waals surface area contributed by atoms with Crippen LogP contribution >= 0.6 is 0 Å². The van der Waals surface area contributed by atoms with Crippen molar-refractivity contribution in [1.82, 2.24) is 10.2 Å². The topological polar surface area (TPSA) is 100 Å². The normalized spacial score (nSPS) is 19.0. The Kier molecular flexibility index (Phi) is 5.29. The van der Waals surface area contributed by atoms with Gasteiger partial charge in [-0.1, -0.05) is 12.1 Å². The fourth-order valence-electron chi connectivity index (χ4n) is 2.98. The summed E-state index contributed by atoms with van der Waals surface area (Å²) < 4.78 is 5.51. The molecule has 2 aliphatic rings. The molecule has 8 nitrogen and oxygen atoms in total. The molecular weight excluding hydrogens is 338 g/mol. The standard InChI is InChI=1S/C18H23N3O5/c1-11(17(22)23)10-21(2)18(24)19-9-14-8-15(20-26-14)12-3-4-16-13(7-12)5-6-25-16/h3-4,7,11,14H,5-6,8-10H2,1-2H3,(H,19,24)(H,22,23). The van der Waals surface area contributed by atoms with Crippen molar-refractivity contribution in [3.63, 3.8) is 0 Å². The van der Waals surface area contributed by atoms with E-state index < -0.39 is 11.9 Å². The Morgan fingerprint density at radius 3 is 3.04 bits per heavy atom. The van der Waals surface area contributed by atoms with Gasteiger partial charge in [0.15, 0.2) is 6.10 Å². The number of carbonyl (C=O) groups excluding carboxylic acids is 1. The summed E-state index contributed by atoms with van der Waals surface area (Å²) in [4.78, 5) is 29.7. The molecule has 0 spiro atoms. The number of rotatable bonds is 6. The third kappa shape index (κ3) is 4.07. The van der Waals surface area contributed by atoms with Crippen molar-refractivity contribution in [3.05, 3.63) is 29.3 Å². The van der Waals surface area contributed by atoms with E-state index in [1.165, 1.54) is 10.5 Å². The van der Waals surface area contributed by atoms with E-state index in [0.29, 0.717) is 19.6 Å². The second-order valence-corrected chi connectivity index (χ2v) is 6.70. The molecule has 26 heavy (non-hydrogen) atoms. The fourth-order valence-corrected chi connectivity index (χ4v) is 2.98. The van der Waals surface area contributed by atoms with Crippen LogP contribution in [-0.2, 0) is 16.1 Å². The van der Waals surface area contributed by atoms with Crippen molar-refractivity contribution in [2.24, 2.45) is 11.1 Å². The summed E-state index contributed by atoms with van der Waals surface area (Å²) in [5.74, 6) is -0.621. The van der Waals surface area contributed by atoms with Gasteiger partial charge < -0.3 is 24.9 Å². The van der Waals surface area contributed by atoms with Gasteiger partial charge in [-0.15, -0.1) is 0 Å². The molecule has 1 aromatic carbocycles. The molecule has 1 aromatic rings. The van der Waals surface area contributed by atoms with Crippen LogP contribution in [0, 0.1) is 5.92 Å². The Hall–Kier alpha value is -2.77. The number of fused-ring (bicyclic) bond motifs is 1. The molecule has 0 bridgehead atoms. The summed E-state index contributed by atoms with van der Waals surface area (Å²) in [5.41, 5.74) is 3.04. The molecule has 2 aliphatic heterocycles. The van der Waals surface area contributed by atoms with Gasteiger partial charge in [0.05, 0.1) is 24.8 Å². The predicted molar refractivity (Wildman–Crippen MR) is 94.5 cm³/mol. The molecule has 0 aromatic heterocycles. The molecule has 8 heteroatoms. The SMILES string of the molecule is CC(CN(C)C(=O)NCC1CC(c2ccc3c(c2)CCO3)=NO1)C(=O)O. The summed E-state index contributed by atoms with van der Waals surface area (Å²) in [7, 11) is 1.57. The summed E-state index contributed by atoms with van der Waals surface area (Å²) >= 11 is 0. The Balaban J connectivity index is 1.47. The average molecular weight is 361 g/mol. The van der Waals surface area contributed by atoms with Crippen LogP contribution < -0.4 is 10.1 Å². The molecule has 2 N–H and O–H groups in total. The molecule has 2 amide bonds. The lowest BCUT2D eigenvalue weighted by atomic mass is 10.0. The van der Waals surface area contributed by atoms with E-state index in [2.05, 4.69) is 16.5 Å². The maximum Gasteiger partial charge on any atom is 0.317 e. The third-order valence-electron chi connectivity index (χ3n) is 4.55. The molecule has 0 aliphatic carbocycles. The minimum Gasteiger partial charge on any atom is -0.493 e. The minimum atomic E-state index is -0.929. The number of carboxylic acid groups (broad SMARTS) is 1. The summed E-state index contributed by atoms with van der Waals surface area (Å²) in [6, 6.07) is 5.67. The van der Waals surface area contributed by atoms with Crippen molar-refractivity contribution in [2.75, 3.05) is 26.7 Å². The van der Waals surface area contributed by atoms with Gasteiger partial charge in [-0.2, -0.15) is 0 Å². The zero-order chi connectivity index (χ0) is 18.7. The highest BCUT2D eigenvalue weighted by Gasteiger charge is 2.25. The number of nitrogens with zero attached hydrogens (tertiary/aromatic N) is 2. The monoisotopic (exact) mass is 361 g/mol. The van der Waals surface area contributed by atoms with Crippen LogP contribution in [0.3, 0.4) is 0 Å². The Bertz CT molecular complexity index is 734. The zero-order valence-electron chi connectivity index (χ0n) is 14.9. The number of amides is 2. The number of ether oxygens (including phenoxy) is 1. The highest BCUT2D eigenvalue weighted by atomic mass is 16.6. The maximum atomic E-state index is 12.1. The summed E-state index contributed by atoms with van der Waals surface area (Å²) in [6.45, 7) is 2.73. The molecule has 0 radical (unpaired) electrons. The molecule has 2 atom stereocenters. The molecule has 3 rings (SSSR count). The van der Waals surface area contributed by atoms with E-state index in [0.717, 1.165) is 23.4 Å². The number of aliphatic carboxylic acids is 1. The van der Waals surface area contributed by atoms with Crippen molar-refractivity contribution in [2.45, 2.75) is 25.9 Å². The Morgan fingerprint density at radius 2 is 2.27 bits per heavy atom. The van der Waals surface area contributed by atoms with Crippen LogP contribution in [-0.4, -0.2) is 60.6 Å². The van der Waals surface area contributed by atoms with Crippen molar-refractivity contribution in [1.29, 1.82) is 0 Å². The van der Waals surface area contributed by atoms with Gasteiger partial charge in [0.2, 0.25) is 0 Å². The van der Waals surface area contributed by atoms with E-state index in [1.807, 2.05) is 12.1 Å². The number of carboxylic acids is 1. The van der Waals surface area contributed by atoms with Gasteiger partial charge in [0, 0.05) is 26.4 Å². The highest BCUT2D eigenvalue weighted by molar-refractivity contribution is 6.01. The van der Waals surface area contributed by atoms with Crippen LogP contribution in [0.5, 0.6) is 5.75 Å². The number of carbonyl (C=O) groups is 2. The molecule has 0 fully saturated rings. The second-order valence-electron chi connectivity index (χ2n) is 6.70. The summed E-state index contributed by atoms with van der Waals surface area (Å²) in [5, 5.41) is 15.8. The van der Waals surface area contributed by atoms with E-state index in [-0.39, 0.29) is 18.7 Å². The van der Waals surface area contributed by atoms with Crippen molar-refractivity contribution in [3.8, 4) is 5.75 Å². The molecule has 0 saturated carbocycles. The lowest BCUT2D eigenvalue weighted by Crippen LogP contribution is -2.43. The van der Waals surface area contributed by atoms with Gasteiger partial charge in [-0.25, -0.2) is 4.79 Å². The quantitative estimate of drug-likeness (QED) is 0.799. The molecule has 2 heterocycles. The fraction of sp³-hybridized carbons (Fsp3) is 0.500. The predicted octanol–water partition coefficient (Wildman–Crippen LogP) is 1.48. The first-order chi connectivity index (χ1) is 12.4. The van der Waals surface area contributed by atoms with Crippen LogP contribution in [0.2, 0.25) is 0 Å². The number of hydrogen-bond donors (Lipinski definition) is 2. The largest absolute Gasteiger partial charge is 0.493 e. The van der Waals surface area contributed by atoms with Gasteiger partial charge in [0.25, 0.3) is 0 Å². The third-order valence-corrected chi connectivity index (χ3v) is 4.55. The van der Waals surface area contributed by atoms with Crippen LogP contribution in [0.25, 0.3) is 0 Å². The summed E-state index contributed by atoms with van der Waals surface area (Å²) in [6.07, 6.45) is 1.27. The molecular formula is C18H23N3O5. The number of nitrogens with one attached hydrogen (secondary N) is 1. The number of urea groups is 1. The Morgan fingerprint density at radius 1 is 1.46 bits per heavy atom. The molecule has 0 saturated heterocycles. The van der Waals surface area contributed by atoms with Gasteiger partial charge in [-0.05, 0) is 29.3 Å². The van der Waals surface area contributed by atoms with Crippen molar-refractivity contribution >= 4 is 17.7 Å². The van der Waals surface area contributed by atoms with Crippen molar-refractivity contribution < 1.29 is 24.3 Å².